The number of halogens is 2. The maximum atomic E-state index is 12.5. The Labute approximate surface area is 188 Å². The summed E-state index contributed by atoms with van der Waals surface area (Å²) in [4.78, 5) is 25.5. The van der Waals surface area contributed by atoms with Crippen molar-refractivity contribution in [3.05, 3.63) is 82.3 Å². The van der Waals surface area contributed by atoms with Gasteiger partial charge in [0.05, 0.1) is 23.6 Å². The molecule has 0 radical (unpaired) electrons. The zero-order valence-electron chi connectivity index (χ0n) is 15.9. The van der Waals surface area contributed by atoms with Gasteiger partial charge in [-0.15, -0.1) is 11.8 Å². The maximum Gasteiger partial charge on any atom is 0.255 e. The number of carbonyl (C=O) groups excluding carboxylic acids is 2. The average molecular weight is 461 g/mol. The van der Waals surface area contributed by atoms with E-state index in [-0.39, 0.29) is 17.6 Å². The molecule has 0 heterocycles. The lowest BCUT2D eigenvalue weighted by Crippen LogP contribution is -2.14. The third kappa shape index (κ3) is 6.16. The van der Waals surface area contributed by atoms with E-state index >= 15 is 0 Å². The molecular formula is C22H18Cl2N2O3S. The Morgan fingerprint density at radius 3 is 2.57 bits per heavy atom. The number of carbonyl (C=O) groups is 2. The van der Waals surface area contributed by atoms with Crippen molar-refractivity contribution in [2.24, 2.45) is 0 Å². The number of benzene rings is 3. The molecule has 0 saturated carbocycles. The van der Waals surface area contributed by atoms with Gasteiger partial charge in [0, 0.05) is 21.2 Å². The largest absolute Gasteiger partial charge is 0.497 e. The van der Waals surface area contributed by atoms with Gasteiger partial charge in [-0.05, 0) is 54.6 Å². The number of methoxy groups -OCH3 is 1. The molecule has 0 atom stereocenters. The van der Waals surface area contributed by atoms with Gasteiger partial charge in [-0.3, -0.25) is 9.59 Å². The van der Waals surface area contributed by atoms with Crippen LogP contribution in [-0.4, -0.2) is 24.7 Å². The van der Waals surface area contributed by atoms with Crippen LogP contribution in [0.1, 0.15) is 10.4 Å². The summed E-state index contributed by atoms with van der Waals surface area (Å²) in [5.41, 5.74) is 1.59. The molecule has 0 fully saturated rings. The highest BCUT2D eigenvalue weighted by Gasteiger charge is 2.10. The molecule has 2 amide bonds. The van der Waals surface area contributed by atoms with Gasteiger partial charge in [-0.25, -0.2) is 0 Å². The number of amides is 2. The molecule has 30 heavy (non-hydrogen) atoms. The second-order valence-corrected chi connectivity index (χ2v) is 8.07. The fourth-order valence-corrected chi connectivity index (χ4v) is 3.65. The minimum Gasteiger partial charge on any atom is -0.497 e. The Bertz CT molecular complexity index is 1080. The first-order chi connectivity index (χ1) is 14.4. The topological polar surface area (TPSA) is 67.4 Å². The van der Waals surface area contributed by atoms with Gasteiger partial charge in [-0.1, -0.05) is 35.3 Å². The van der Waals surface area contributed by atoms with Crippen molar-refractivity contribution in [3.63, 3.8) is 0 Å². The van der Waals surface area contributed by atoms with E-state index in [4.69, 9.17) is 27.9 Å². The SMILES string of the molecule is COc1cccc(C(=O)Nc2cccc(SCC(=O)Nc3cc(Cl)ccc3Cl)c2)c1. The van der Waals surface area contributed by atoms with Crippen molar-refractivity contribution in [2.75, 3.05) is 23.5 Å². The first kappa shape index (κ1) is 22.0. The Hall–Kier alpha value is -2.67. The molecule has 0 unspecified atom stereocenters. The van der Waals surface area contributed by atoms with Gasteiger partial charge in [-0.2, -0.15) is 0 Å². The summed E-state index contributed by atoms with van der Waals surface area (Å²) in [6.07, 6.45) is 0. The normalized spacial score (nSPS) is 10.4. The smallest absolute Gasteiger partial charge is 0.255 e. The molecule has 8 heteroatoms. The maximum absolute atomic E-state index is 12.5. The first-order valence-electron chi connectivity index (χ1n) is 8.88. The van der Waals surface area contributed by atoms with Crippen LogP contribution in [0.4, 0.5) is 11.4 Å². The summed E-state index contributed by atoms with van der Waals surface area (Å²) < 4.78 is 5.15. The molecule has 0 aromatic heterocycles. The first-order valence-corrected chi connectivity index (χ1v) is 10.6. The van der Waals surface area contributed by atoms with Gasteiger partial charge in [0.2, 0.25) is 5.91 Å². The summed E-state index contributed by atoms with van der Waals surface area (Å²) in [7, 11) is 1.55. The monoisotopic (exact) mass is 460 g/mol. The van der Waals surface area contributed by atoms with E-state index < -0.39 is 0 Å². The number of hydrogen-bond acceptors (Lipinski definition) is 4. The Balaban J connectivity index is 1.59. The number of hydrogen-bond donors (Lipinski definition) is 2. The van der Waals surface area contributed by atoms with Gasteiger partial charge < -0.3 is 15.4 Å². The predicted octanol–water partition coefficient (Wildman–Crippen LogP) is 5.99. The van der Waals surface area contributed by atoms with E-state index in [0.29, 0.717) is 32.7 Å². The molecule has 154 valence electrons. The third-order valence-corrected chi connectivity index (χ3v) is 5.55. The van der Waals surface area contributed by atoms with Crippen LogP contribution in [0.5, 0.6) is 5.75 Å². The van der Waals surface area contributed by atoms with Crippen LogP contribution in [-0.2, 0) is 4.79 Å². The molecule has 0 aliphatic carbocycles. The molecule has 0 aliphatic rings. The van der Waals surface area contributed by atoms with Gasteiger partial charge in [0.1, 0.15) is 5.75 Å². The predicted molar refractivity (Wildman–Crippen MR) is 123 cm³/mol. The summed E-state index contributed by atoms with van der Waals surface area (Å²) in [6, 6.07) is 19.1. The summed E-state index contributed by atoms with van der Waals surface area (Å²) >= 11 is 13.3. The molecule has 3 aromatic rings. The average Bonchev–Trinajstić information content (AvgIpc) is 2.75. The van der Waals surface area contributed by atoms with Crippen molar-refractivity contribution in [3.8, 4) is 5.75 Å². The quantitative estimate of drug-likeness (QED) is 0.425. The van der Waals surface area contributed by atoms with Crippen LogP contribution in [0.25, 0.3) is 0 Å². The van der Waals surface area contributed by atoms with E-state index in [9.17, 15) is 9.59 Å². The second-order valence-electron chi connectivity index (χ2n) is 6.17. The molecular weight excluding hydrogens is 443 g/mol. The van der Waals surface area contributed by atoms with Gasteiger partial charge in [0.15, 0.2) is 0 Å². The molecule has 0 aliphatic heterocycles. The number of ether oxygens (including phenoxy) is 1. The molecule has 0 spiro atoms. The van der Waals surface area contributed by atoms with Crippen molar-refractivity contribution >= 4 is 58.2 Å². The number of rotatable bonds is 7. The Morgan fingerprint density at radius 1 is 0.967 bits per heavy atom. The zero-order valence-corrected chi connectivity index (χ0v) is 18.3. The molecule has 2 N–H and O–H groups in total. The van der Waals surface area contributed by atoms with Crippen LogP contribution < -0.4 is 15.4 Å². The Kier molecular flexibility index (Phi) is 7.63. The van der Waals surface area contributed by atoms with Crippen molar-refractivity contribution < 1.29 is 14.3 Å². The van der Waals surface area contributed by atoms with E-state index in [1.807, 2.05) is 18.2 Å². The number of anilines is 2. The molecule has 0 bridgehead atoms. The summed E-state index contributed by atoms with van der Waals surface area (Å²) in [6.45, 7) is 0. The molecule has 0 saturated heterocycles. The molecule has 3 aromatic carbocycles. The second kappa shape index (κ2) is 10.4. The van der Waals surface area contributed by atoms with Crippen LogP contribution in [0.15, 0.2) is 71.6 Å². The summed E-state index contributed by atoms with van der Waals surface area (Å²) in [5, 5.41) is 6.50. The van der Waals surface area contributed by atoms with Crippen molar-refractivity contribution in [1.82, 2.24) is 0 Å². The number of thioether (sulfide) groups is 1. The van der Waals surface area contributed by atoms with Crippen LogP contribution in [0, 0.1) is 0 Å². The fraction of sp³-hybridized carbons (Fsp3) is 0.0909. The van der Waals surface area contributed by atoms with Crippen molar-refractivity contribution in [2.45, 2.75) is 4.90 Å². The van der Waals surface area contributed by atoms with Crippen LogP contribution in [0.2, 0.25) is 10.0 Å². The highest BCUT2D eigenvalue weighted by atomic mass is 35.5. The number of nitrogens with one attached hydrogen (secondary N) is 2. The van der Waals surface area contributed by atoms with Crippen LogP contribution in [0.3, 0.4) is 0 Å². The van der Waals surface area contributed by atoms with Gasteiger partial charge in [0.25, 0.3) is 5.91 Å². The highest BCUT2D eigenvalue weighted by molar-refractivity contribution is 8.00. The molecule has 3 rings (SSSR count). The van der Waals surface area contributed by atoms with E-state index in [1.165, 1.54) is 11.8 Å². The fourth-order valence-electron chi connectivity index (χ4n) is 2.56. The standard InChI is InChI=1S/C22H18Cl2N2O3S/c1-29-17-6-2-4-14(10-17)22(28)25-16-5-3-7-18(12-16)30-13-21(27)26-20-11-15(23)8-9-19(20)24/h2-12H,13H2,1H3,(H,25,28)(H,26,27). The van der Waals surface area contributed by atoms with Crippen LogP contribution >= 0.6 is 35.0 Å². The minimum absolute atomic E-state index is 0.177. The lowest BCUT2D eigenvalue weighted by Gasteiger charge is -2.09. The zero-order chi connectivity index (χ0) is 21.5. The minimum atomic E-state index is -0.246. The lowest BCUT2D eigenvalue weighted by atomic mass is 10.2. The molecule has 5 nitrogen and oxygen atoms in total. The Morgan fingerprint density at radius 2 is 1.77 bits per heavy atom. The lowest BCUT2D eigenvalue weighted by molar-refractivity contribution is -0.113. The van der Waals surface area contributed by atoms with Crippen molar-refractivity contribution in [1.29, 1.82) is 0 Å². The summed E-state index contributed by atoms with van der Waals surface area (Å²) in [5.74, 6) is 0.327. The third-order valence-electron chi connectivity index (χ3n) is 4.00. The van der Waals surface area contributed by atoms with E-state index in [1.54, 1.807) is 55.6 Å². The van der Waals surface area contributed by atoms with Gasteiger partial charge >= 0.3 is 0 Å². The highest BCUT2D eigenvalue weighted by Crippen LogP contribution is 2.27. The van der Waals surface area contributed by atoms with E-state index in [0.717, 1.165) is 4.90 Å². The van der Waals surface area contributed by atoms with E-state index in [2.05, 4.69) is 10.6 Å².